The largest absolute Gasteiger partial charge is 0.508 e. The minimum Gasteiger partial charge on any atom is -0.508 e. The molecule has 0 radical (unpaired) electrons. The van der Waals surface area contributed by atoms with Crippen molar-refractivity contribution >= 4 is 98.3 Å². The fourth-order valence-corrected chi connectivity index (χ4v) is 6.91. The Balaban J connectivity index is 1.61. The van der Waals surface area contributed by atoms with Crippen LogP contribution in [0.3, 0.4) is 0 Å². The van der Waals surface area contributed by atoms with Gasteiger partial charge in [-0.25, -0.2) is 19.9 Å². The Morgan fingerprint density at radius 2 is 1.72 bits per heavy atom. The minimum atomic E-state index is -1.10. The number of aryl methyl sites for hydroxylation is 2. The molecule has 2 N–H and O–H groups in total. The average molecular weight is 694 g/mol. The molecular formula is C28H35N7O2S6. The Bertz CT molecular complexity index is 1620. The van der Waals surface area contributed by atoms with Crippen LogP contribution < -0.4 is 5.32 Å². The van der Waals surface area contributed by atoms with Crippen molar-refractivity contribution < 1.29 is 9.90 Å². The average Bonchev–Trinajstić information content (AvgIpc) is 3.27. The van der Waals surface area contributed by atoms with Gasteiger partial charge in [0.15, 0.2) is 7.07 Å². The number of phenols is 1. The first kappa shape index (κ1) is 34.0. The van der Waals surface area contributed by atoms with E-state index >= 15 is 0 Å². The van der Waals surface area contributed by atoms with Gasteiger partial charge in [0.25, 0.3) is 5.91 Å². The zero-order valence-electron chi connectivity index (χ0n) is 24.1. The van der Waals surface area contributed by atoms with Crippen molar-refractivity contribution in [2.45, 2.75) is 33.9 Å². The summed E-state index contributed by atoms with van der Waals surface area (Å²) in [5, 5.41) is 14.1. The number of phenolic OH excluding ortho intramolecular Hbond substituents is 1. The monoisotopic (exact) mass is 693 g/mol. The van der Waals surface area contributed by atoms with E-state index < -0.39 is 7.07 Å². The number of aromatic hydroxyl groups is 1. The molecule has 9 nitrogen and oxygen atoms in total. The second kappa shape index (κ2) is 13.6. The van der Waals surface area contributed by atoms with E-state index in [0.717, 1.165) is 29.3 Å². The van der Waals surface area contributed by atoms with Crippen molar-refractivity contribution in [2.24, 2.45) is 7.05 Å². The smallest absolute Gasteiger partial charge is 0.254 e. The summed E-state index contributed by atoms with van der Waals surface area (Å²) in [6.07, 6.45) is 2.59. The number of imidazole rings is 1. The molecular weight excluding hydrogens is 659 g/mol. The lowest BCUT2D eigenvalue weighted by Crippen LogP contribution is -2.47. The number of nitrogens with zero attached hydrogens (tertiary/aromatic N) is 6. The summed E-state index contributed by atoms with van der Waals surface area (Å²) in [5.74, 6) is 0.795. The maximum absolute atomic E-state index is 13.8. The van der Waals surface area contributed by atoms with Crippen LogP contribution in [0, 0.1) is 6.92 Å². The highest BCUT2D eigenvalue weighted by molar-refractivity contribution is 8.18. The quantitative estimate of drug-likeness (QED) is 0.0788. The number of anilines is 1. The van der Waals surface area contributed by atoms with Gasteiger partial charge in [-0.2, -0.15) is 0 Å². The predicted octanol–water partition coefficient (Wildman–Crippen LogP) is 5.39. The number of hydrogen-bond acceptors (Lipinski definition) is 13. The molecule has 3 heterocycles. The Kier molecular flexibility index (Phi) is 10.8. The number of nitrogens with one attached hydrogen (secondary N) is 1. The highest BCUT2D eigenvalue weighted by atomic mass is 32.2. The second-order valence-corrected chi connectivity index (χ2v) is 16.1. The van der Waals surface area contributed by atoms with Gasteiger partial charge < -0.3 is 19.9 Å². The van der Waals surface area contributed by atoms with Crippen LogP contribution >= 0.6 is 75.8 Å². The van der Waals surface area contributed by atoms with Crippen LogP contribution in [0.15, 0.2) is 42.6 Å². The number of amides is 1. The molecule has 3 aromatic heterocycles. The molecule has 43 heavy (non-hydrogen) atoms. The van der Waals surface area contributed by atoms with Crippen LogP contribution in [0.5, 0.6) is 5.75 Å². The predicted molar refractivity (Wildman–Crippen MR) is 194 cm³/mol. The molecule has 0 aliphatic heterocycles. The maximum Gasteiger partial charge on any atom is 0.254 e. The first-order valence-corrected chi connectivity index (χ1v) is 16.0. The SMILES string of the molecule is CCc1ncc(CN(C)C(=O)c2cc(-c3ccc(NCCN(C(S)(S)S)C(S)(S)S)c(C)n3)nc3ccc(O)cc23)n1C. The molecule has 1 amide bonds. The summed E-state index contributed by atoms with van der Waals surface area (Å²) >= 11 is 26.4. The van der Waals surface area contributed by atoms with Crippen LogP contribution in [0.4, 0.5) is 5.69 Å². The van der Waals surface area contributed by atoms with Gasteiger partial charge in [-0.05, 0) is 43.3 Å². The fraction of sp³-hybridized carbons (Fsp3) is 0.357. The zero-order valence-corrected chi connectivity index (χ0v) is 29.5. The van der Waals surface area contributed by atoms with Crippen LogP contribution in [-0.2, 0) is 20.0 Å². The van der Waals surface area contributed by atoms with Crippen molar-refractivity contribution in [2.75, 3.05) is 25.5 Å². The Morgan fingerprint density at radius 3 is 2.33 bits per heavy atom. The summed E-state index contributed by atoms with van der Waals surface area (Å²) in [4.78, 5) is 31.1. The van der Waals surface area contributed by atoms with E-state index in [9.17, 15) is 9.90 Å². The lowest BCUT2D eigenvalue weighted by atomic mass is 10.0. The van der Waals surface area contributed by atoms with E-state index in [1.807, 2.05) is 37.6 Å². The molecule has 0 aliphatic rings. The molecule has 0 spiro atoms. The Morgan fingerprint density at radius 1 is 1.02 bits per heavy atom. The molecule has 1 aromatic carbocycles. The molecule has 0 fully saturated rings. The molecule has 0 saturated heterocycles. The number of rotatable bonds is 11. The van der Waals surface area contributed by atoms with Crippen LogP contribution in [0.2, 0.25) is 0 Å². The van der Waals surface area contributed by atoms with Crippen molar-refractivity contribution in [1.82, 2.24) is 29.3 Å². The first-order valence-electron chi connectivity index (χ1n) is 13.3. The van der Waals surface area contributed by atoms with E-state index in [2.05, 4.69) is 86.1 Å². The summed E-state index contributed by atoms with van der Waals surface area (Å²) in [7, 11) is 3.70. The van der Waals surface area contributed by atoms with Crippen molar-refractivity contribution in [3.8, 4) is 17.1 Å². The number of hydrogen-bond donors (Lipinski definition) is 8. The molecule has 230 valence electrons. The van der Waals surface area contributed by atoms with Gasteiger partial charge in [-0.3, -0.25) is 4.79 Å². The topological polar surface area (TPSA) is 99.4 Å². The van der Waals surface area contributed by atoms with Gasteiger partial charge >= 0.3 is 0 Å². The van der Waals surface area contributed by atoms with Crippen molar-refractivity contribution in [3.05, 3.63) is 65.4 Å². The van der Waals surface area contributed by atoms with Crippen LogP contribution in [0.1, 0.15) is 34.5 Å². The third-order valence-corrected chi connectivity index (χ3v) is 8.44. The Labute approximate surface area is 284 Å². The molecule has 0 bridgehead atoms. The number of carbonyl (C=O) groups is 1. The lowest BCUT2D eigenvalue weighted by molar-refractivity contribution is 0.0784. The van der Waals surface area contributed by atoms with Gasteiger partial charge in [0.2, 0.25) is 0 Å². The van der Waals surface area contributed by atoms with E-state index in [-0.39, 0.29) is 11.7 Å². The number of benzene rings is 1. The number of aromatic nitrogens is 4. The van der Waals surface area contributed by atoms with Crippen LogP contribution in [0.25, 0.3) is 22.3 Å². The van der Waals surface area contributed by atoms with E-state index in [1.165, 1.54) is 0 Å². The lowest BCUT2D eigenvalue weighted by Gasteiger charge is -2.40. The molecule has 4 aromatic rings. The molecule has 0 aliphatic carbocycles. The van der Waals surface area contributed by atoms with Gasteiger partial charge in [-0.15, -0.1) is 75.8 Å². The van der Waals surface area contributed by atoms with E-state index in [4.69, 9.17) is 9.97 Å². The van der Waals surface area contributed by atoms with Crippen LogP contribution in [-0.4, -0.2) is 67.5 Å². The van der Waals surface area contributed by atoms with Crippen molar-refractivity contribution in [3.63, 3.8) is 0 Å². The van der Waals surface area contributed by atoms with Gasteiger partial charge in [0.1, 0.15) is 11.6 Å². The Hall–Kier alpha value is -1.88. The zero-order chi connectivity index (χ0) is 31.7. The molecule has 0 atom stereocenters. The summed E-state index contributed by atoms with van der Waals surface area (Å²) in [5.41, 5.74) is 4.62. The summed E-state index contributed by atoms with van der Waals surface area (Å²) in [6, 6.07) is 10.3. The molecule has 15 heteroatoms. The maximum atomic E-state index is 13.8. The van der Waals surface area contributed by atoms with Gasteiger partial charge in [0, 0.05) is 39.0 Å². The minimum absolute atomic E-state index is 0.0536. The molecule has 0 unspecified atom stereocenters. The summed E-state index contributed by atoms with van der Waals surface area (Å²) in [6.45, 7) is 5.24. The standard InChI is InChI=1S/C28H35N7O2S6/c1-5-25-30-14-17(34(25)4)15-33(3)26(37)20-13-24(32-22-7-6-18(36)12-19(20)22)23-9-8-21(16(2)31-23)29-10-11-35(27(38,39)40)28(41,42)43/h6-9,12-14,29,36,38-43H,5,10-11,15H2,1-4H3. The fourth-order valence-electron chi connectivity index (χ4n) is 4.70. The number of thiol groups is 6. The molecule has 4 rings (SSSR count). The second-order valence-electron chi connectivity index (χ2n) is 10.1. The highest BCUT2D eigenvalue weighted by Crippen LogP contribution is 2.41. The number of pyridine rings is 2. The normalized spacial score (nSPS) is 12.3. The molecule has 0 saturated carbocycles. The first-order chi connectivity index (χ1) is 20.1. The number of carbonyl (C=O) groups excluding carboxylic acids is 1. The summed E-state index contributed by atoms with van der Waals surface area (Å²) < 4.78 is -0.188. The van der Waals surface area contributed by atoms with Crippen molar-refractivity contribution in [1.29, 1.82) is 0 Å². The number of fused-ring (bicyclic) bond motifs is 1. The third kappa shape index (κ3) is 8.05. The van der Waals surface area contributed by atoms with E-state index in [0.29, 0.717) is 47.5 Å². The third-order valence-electron chi connectivity index (χ3n) is 6.99. The highest BCUT2D eigenvalue weighted by Gasteiger charge is 2.36. The van der Waals surface area contributed by atoms with E-state index in [1.54, 1.807) is 47.3 Å². The van der Waals surface area contributed by atoms with Gasteiger partial charge in [0.05, 0.1) is 52.3 Å². The van der Waals surface area contributed by atoms with Gasteiger partial charge in [-0.1, -0.05) is 6.92 Å².